The normalized spacial score (nSPS) is 15.1. The molecule has 0 saturated heterocycles. The predicted octanol–water partition coefficient (Wildman–Crippen LogP) is 30.5. The first kappa shape index (κ1) is 68.8. The van der Waals surface area contributed by atoms with Gasteiger partial charge >= 0.3 is 0 Å². The molecular weight excluding hydrogens is 1400 g/mol. The summed E-state index contributed by atoms with van der Waals surface area (Å²) >= 11 is 0. The molecule has 0 aromatic heterocycles. The van der Waals surface area contributed by atoms with Gasteiger partial charge in [0.2, 0.25) is 0 Å². The SMILES string of the molecule is CC1(C)c2ccccc2-c2ccc(-c3ccc(N(c4cccc(-c5ccc(-c6cccc(C7(c8ccccc8)c8ccccc8-c8c(N(c9ccc(-c%10ccc%11c(c%10)C(C)(C)c%10ccccc%10-%11)cc9)c9cccc(-c%10cccc%11ccccc%10%11)c9)cccc87)c6)c6ccccc56)c4)c4ccc5c(c4)C(C)(C)c4ccccc4-5)cc3)cc21. The fourth-order valence-corrected chi connectivity index (χ4v) is 20.9. The Morgan fingerprint density at radius 1 is 0.181 bits per heavy atom. The van der Waals surface area contributed by atoms with Crippen molar-refractivity contribution in [3.8, 4) is 100 Å². The van der Waals surface area contributed by atoms with Gasteiger partial charge in [-0.15, -0.1) is 0 Å². The van der Waals surface area contributed by atoms with E-state index in [-0.39, 0.29) is 16.2 Å². The van der Waals surface area contributed by atoms with Crippen molar-refractivity contribution in [3.05, 3.63) is 456 Å². The molecule has 0 amide bonds. The van der Waals surface area contributed by atoms with Crippen molar-refractivity contribution in [1.29, 1.82) is 0 Å². The molecule has 1 unspecified atom stereocenters. The van der Waals surface area contributed by atoms with Gasteiger partial charge in [0.15, 0.2) is 0 Å². The summed E-state index contributed by atoms with van der Waals surface area (Å²) in [6.45, 7) is 14.2. The second kappa shape index (κ2) is 26.3. The van der Waals surface area contributed by atoms with E-state index in [2.05, 4.69) is 452 Å². The summed E-state index contributed by atoms with van der Waals surface area (Å²) in [6.07, 6.45) is 0. The lowest BCUT2D eigenvalue weighted by Gasteiger charge is -2.35. The minimum absolute atomic E-state index is 0.0932. The summed E-state index contributed by atoms with van der Waals surface area (Å²) in [4.78, 5) is 4.99. The summed E-state index contributed by atoms with van der Waals surface area (Å²) in [5, 5.41) is 4.84. The van der Waals surface area contributed by atoms with E-state index in [0.717, 1.165) is 50.8 Å². The van der Waals surface area contributed by atoms with Gasteiger partial charge in [0.05, 0.1) is 11.1 Å². The minimum Gasteiger partial charge on any atom is -0.310 e. The predicted molar refractivity (Wildman–Crippen MR) is 488 cm³/mol. The number of hydrogen-bond donors (Lipinski definition) is 0. The third-order valence-electron chi connectivity index (χ3n) is 26.6. The molecule has 18 aromatic carbocycles. The Morgan fingerprint density at radius 2 is 0.534 bits per heavy atom. The van der Waals surface area contributed by atoms with Crippen LogP contribution in [-0.4, -0.2) is 0 Å². The summed E-state index contributed by atoms with van der Waals surface area (Å²) in [5.41, 5.74) is 40.8. The Bertz CT molecular complexity index is 7050. The van der Waals surface area contributed by atoms with Gasteiger partial charge in [-0.1, -0.05) is 357 Å². The molecule has 0 bridgehead atoms. The molecule has 2 nitrogen and oxygen atoms in total. The second-order valence-electron chi connectivity index (χ2n) is 33.8. The molecule has 4 aliphatic carbocycles. The van der Waals surface area contributed by atoms with Crippen molar-refractivity contribution in [2.45, 2.75) is 63.2 Å². The van der Waals surface area contributed by atoms with Gasteiger partial charge in [-0.2, -0.15) is 0 Å². The largest absolute Gasteiger partial charge is 0.310 e. The fraction of sp³-hybridized carbons (Fsp3) is 0.0877. The van der Waals surface area contributed by atoms with E-state index in [1.807, 2.05) is 0 Å². The van der Waals surface area contributed by atoms with Crippen LogP contribution in [0.5, 0.6) is 0 Å². The van der Waals surface area contributed by atoms with E-state index in [1.165, 1.54) is 161 Å². The fourth-order valence-electron chi connectivity index (χ4n) is 20.9. The Kier molecular flexibility index (Phi) is 15.6. The number of anilines is 6. The van der Waals surface area contributed by atoms with Gasteiger partial charge in [0, 0.05) is 50.2 Å². The first-order valence-corrected chi connectivity index (χ1v) is 40.9. The number of nitrogens with zero attached hydrogens (tertiary/aromatic N) is 2. The van der Waals surface area contributed by atoms with Gasteiger partial charge in [0.25, 0.3) is 0 Å². The highest BCUT2D eigenvalue weighted by molar-refractivity contribution is 6.07. The average Bonchev–Trinajstić information content (AvgIpc) is 1.53. The molecule has 550 valence electrons. The average molecular weight is 1480 g/mol. The van der Waals surface area contributed by atoms with E-state index in [4.69, 9.17) is 0 Å². The second-order valence-corrected chi connectivity index (χ2v) is 33.8. The third kappa shape index (κ3) is 10.5. The highest BCUT2D eigenvalue weighted by Gasteiger charge is 2.48. The van der Waals surface area contributed by atoms with Crippen LogP contribution in [0.1, 0.15) is 97.2 Å². The molecule has 0 saturated carbocycles. The summed E-state index contributed by atoms with van der Waals surface area (Å²) in [7, 11) is 0. The van der Waals surface area contributed by atoms with Crippen molar-refractivity contribution >= 4 is 55.7 Å². The molecule has 0 heterocycles. The van der Waals surface area contributed by atoms with Crippen molar-refractivity contribution in [2.75, 3.05) is 9.80 Å². The first-order valence-electron chi connectivity index (χ1n) is 40.9. The molecule has 22 rings (SSSR count). The number of hydrogen-bond acceptors (Lipinski definition) is 2. The lowest BCUT2D eigenvalue weighted by atomic mass is 9.67. The van der Waals surface area contributed by atoms with Crippen LogP contribution in [0.2, 0.25) is 0 Å². The summed E-state index contributed by atoms with van der Waals surface area (Å²) in [6, 6.07) is 151. The third-order valence-corrected chi connectivity index (χ3v) is 26.6. The lowest BCUT2D eigenvalue weighted by molar-refractivity contribution is 0.660. The molecular formula is C114H84N2. The zero-order chi connectivity index (χ0) is 77.8. The minimum atomic E-state index is -0.729. The number of benzene rings is 18. The van der Waals surface area contributed by atoms with E-state index >= 15 is 0 Å². The molecule has 0 aliphatic heterocycles. The Hall–Kier alpha value is -13.9. The molecule has 0 fully saturated rings. The molecule has 1 atom stereocenters. The number of rotatable bonds is 13. The quantitative estimate of drug-likeness (QED) is 0.114. The first-order chi connectivity index (χ1) is 56.8. The van der Waals surface area contributed by atoms with Crippen LogP contribution in [0.4, 0.5) is 34.1 Å². The maximum absolute atomic E-state index is 2.52. The van der Waals surface area contributed by atoms with Crippen LogP contribution >= 0.6 is 0 Å². The molecule has 0 N–H and O–H groups in total. The maximum Gasteiger partial charge on any atom is 0.0714 e. The van der Waals surface area contributed by atoms with E-state index in [9.17, 15) is 0 Å². The summed E-state index contributed by atoms with van der Waals surface area (Å²) in [5.74, 6) is 0. The lowest BCUT2D eigenvalue weighted by Crippen LogP contribution is -2.28. The standard InChI is InChI=1S/C114H84N2/c1-111(2)101-45-18-14-40-94(101)97-62-55-76(70-106(97)111)73-51-57-83(58-52-73)115(87-61-64-99-96-42-16-20-47-103(96)113(5,6)108(99)72-87)85-35-23-31-80(68-85)91-66-65-90(92-38-12-13-39-93(91)92)78-29-22-34-82(67-78)114(81-32-8-7-9-33-81)104-48-21-17-43-100(104)110-105(114)49-26-50-109(110)116(86-36-24-30-79(69-86)89-44-25-28-75-27-10-11-37-88(75)89)84-59-53-74(54-60-84)77-56-63-98-95-41-15-19-46-102(95)112(3,4)107(98)71-77/h7-72H,1-6H3. The van der Waals surface area contributed by atoms with Crippen molar-refractivity contribution in [3.63, 3.8) is 0 Å². The zero-order valence-electron chi connectivity index (χ0n) is 66.0. The van der Waals surface area contributed by atoms with Crippen LogP contribution in [-0.2, 0) is 21.7 Å². The maximum atomic E-state index is 2.52. The molecule has 0 spiro atoms. The monoisotopic (exact) mass is 1480 g/mol. The Morgan fingerprint density at radius 3 is 1.10 bits per heavy atom. The molecule has 18 aromatic rings. The van der Waals surface area contributed by atoms with Crippen LogP contribution in [0.3, 0.4) is 0 Å². The highest BCUT2D eigenvalue weighted by Crippen LogP contribution is 2.61. The van der Waals surface area contributed by atoms with Crippen LogP contribution in [0.25, 0.3) is 122 Å². The van der Waals surface area contributed by atoms with Gasteiger partial charge in [-0.25, -0.2) is 0 Å². The summed E-state index contributed by atoms with van der Waals surface area (Å²) < 4.78 is 0. The van der Waals surface area contributed by atoms with Crippen molar-refractivity contribution < 1.29 is 0 Å². The van der Waals surface area contributed by atoms with Gasteiger partial charge < -0.3 is 9.80 Å². The van der Waals surface area contributed by atoms with Crippen LogP contribution in [0.15, 0.2) is 400 Å². The van der Waals surface area contributed by atoms with Gasteiger partial charge in [-0.05, 0) is 257 Å². The van der Waals surface area contributed by atoms with Crippen LogP contribution in [0, 0.1) is 0 Å². The molecule has 116 heavy (non-hydrogen) atoms. The van der Waals surface area contributed by atoms with E-state index < -0.39 is 5.41 Å². The zero-order valence-corrected chi connectivity index (χ0v) is 66.0. The van der Waals surface area contributed by atoms with E-state index in [0.29, 0.717) is 0 Å². The van der Waals surface area contributed by atoms with E-state index in [1.54, 1.807) is 0 Å². The molecule has 0 radical (unpaired) electrons. The molecule has 4 aliphatic rings. The molecule has 2 heteroatoms. The van der Waals surface area contributed by atoms with Crippen LogP contribution < -0.4 is 9.80 Å². The highest BCUT2D eigenvalue weighted by atomic mass is 15.2. The van der Waals surface area contributed by atoms with Gasteiger partial charge in [-0.3, -0.25) is 0 Å². The Labute approximate surface area is 680 Å². The topological polar surface area (TPSA) is 6.48 Å². The number of fused-ring (bicyclic) bond motifs is 14. The Balaban J connectivity index is 0.661. The van der Waals surface area contributed by atoms with Crippen molar-refractivity contribution in [2.24, 2.45) is 0 Å². The van der Waals surface area contributed by atoms with Crippen molar-refractivity contribution in [1.82, 2.24) is 0 Å². The van der Waals surface area contributed by atoms with Gasteiger partial charge in [0.1, 0.15) is 0 Å². The smallest absolute Gasteiger partial charge is 0.0714 e.